The molecule has 19 heavy (non-hydrogen) atoms. The van der Waals surface area contributed by atoms with Crippen molar-refractivity contribution in [3.63, 3.8) is 0 Å². The summed E-state index contributed by atoms with van der Waals surface area (Å²) in [5.74, 6) is -1.67. The zero-order valence-electron chi connectivity index (χ0n) is 10.3. The van der Waals surface area contributed by atoms with E-state index in [2.05, 4.69) is 0 Å². The van der Waals surface area contributed by atoms with Crippen LogP contribution in [0, 0.1) is 6.92 Å². The third-order valence-electron chi connectivity index (χ3n) is 2.96. The summed E-state index contributed by atoms with van der Waals surface area (Å²) in [5.41, 5.74) is 3.39. The van der Waals surface area contributed by atoms with Crippen LogP contribution in [-0.2, 0) is 0 Å². The largest absolute Gasteiger partial charge is 0.453 e. The van der Waals surface area contributed by atoms with Crippen molar-refractivity contribution in [2.45, 2.75) is 25.6 Å². The monoisotopic (exact) mass is 271 g/mol. The van der Waals surface area contributed by atoms with Crippen LogP contribution in [0.4, 0.5) is 13.2 Å². The number of fused-ring (bicyclic) bond motifs is 1. The number of halogens is 3. The Morgan fingerprint density at radius 3 is 2.47 bits per heavy atom. The number of hydrogen-bond donors (Lipinski definition) is 1. The van der Waals surface area contributed by atoms with E-state index < -0.39 is 17.5 Å². The summed E-state index contributed by atoms with van der Waals surface area (Å²) in [7, 11) is 0. The van der Waals surface area contributed by atoms with Crippen molar-refractivity contribution >= 4 is 16.8 Å². The summed E-state index contributed by atoms with van der Waals surface area (Å²) in [4.78, 5) is 11.8. The molecule has 0 saturated carbocycles. The molecule has 1 unspecified atom stereocenters. The standard InChI is InChI=1S/C13H12F3NO2/c1-7-3-4-9-8(5-7)6-10(19-9)11(18)12(2,17)13(14,15)16/h3-6H,17H2,1-2H3. The van der Waals surface area contributed by atoms with Crippen molar-refractivity contribution in [1.82, 2.24) is 0 Å². The lowest BCUT2D eigenvalue weighted by Gasteiger charge is -2.24. The Morgan fingerprint density at radius 1 is 1.26 bits per heavy atom. The molecule has 0 fully saturated rings. The van der Waals surface area contributed by atoms with Crippen LogP contribution < -0.4 is 5.73 Å². The fourth-order valence-electron chi connectivity index (χ4n) is 1.66. The van der Waals surface area contributed by atoms with Crippen LogP contribution in [0.25, 0.3) is 11.0 Å². The van der Waals surface area contributed by atoms with Crippen LogP contribution in [0.2, 0.25) is 0 Å². The average molecular weight is 271 g/mol. The molecular formula is C13H12F3NO2. The van der Waals surface area contributed by atoms with Gasteiger partial charge in [0, 0.05) is 5.39 Å². The van der Waals surface area contributed by atoms with Crippen LogP contribution in [0.3, 0.4) is 0 Å². The fourth-order valence-corrected chi connectivity index (χ4v) is 1.66. The van der Waals surface area contributed by atoms with Crippen LogP contribution in [0.5, 0.6) is 0 Å². The van der Waals surface area contributed by atoms with E-state index in [-0.39, 0.29) is 5.76 Å². The van der Waals surface area contributed by atoms with Gasteiger partial charge in [-0.1, -0.05) is 11.6 Å². The molecule has 1 aromatic heterocycles. The molecule has 0 aliphatic heterocycles. The van der Waals surface area contributed by atoms with Crippen molar-refractivity contribution in [3.8, 4) is 0 Å². The molecule has 1 aromatic carbocycles. The van der Waals surface area contributed by atoms with Crippen LogP contribution in [0.15, 0.2) is 28.7 Å². The lowest BCUT2D eigenvalue weighted by Crippen LogP contribution is -2.57. The highest BCUT2D eigenvalue weighted by atomic mass is 19.4. The van der Waals surface area contributed by atoms with Crippen molar-refractivity contribution in [3.05, 3.63) is 35.6 Å². The minimum atomic E-state index is -4.83. The molecule has 2 aromatic rings. The van der Waals surface area contributed by atoms with E-state index in [0.717, 1.165) is 5.56 Å². The lowest BCUT2D eigenvalue weighted by molar-refractivity contribution is -0.166. The van der Waals surface area contributed by atoms with E-state index in [1.165, 1.54) is 6.07 Å². The first-order chi connectivity index (χ1) is 8.63. The molecule has 2 N–H and O–H groups in total. The summed E-state index contributed by atoms with van der Waals surface area (Å²) in [6, 6.07) is 6.34. The maximum Gasteiger partial charge on any atom is 0.413 e. The molecule has 102 valence electrons. The molecule has 1 heterocycles. The van der Waals surface area contributed by atoms with Gasteiger partial charge in [0.25, 0.3) is 0 Å². The molecule has 0 aliphatic carbocycles. The second-order valence-corrected chi connectivity index (χ2v) is 4.68. The van der Waals surface area contributed by atoms with Gasteiger partial charge in [0.15, 0.2) is 11.3 Å². The molecule has 0 radical (unpaired) electrons. The topological polar surface area (TPSA) is 56.2 Å². The molecule has 0 saturated heterocycles. The molecule has 3 nitrogen and oxygen atoms in total. The number of Topliss-reactive ketones (excluding diaryl/α,β-unsaturated/α-hetero) is 1. The van der Waals surface area contributed by atoms with Gasteiger partial charge in [0.1, 0.15) is 5.58 Å². The first-order valence-electron chi connectivity index (χ1n) is 5.53. The highest BCUT2D eigenvalue weighted by Gasteiger charge is 2.54. The Balaban J connectivity index is 2.48. The number of ketones is 1. The van der Waals surface area contributed by atoms with Gasteiger partial charge in [0.2, 0.25) is 5.78 Å². The van der Waals surface area contributed by atoms with Crippen LogP contribution in [0.1, 0.15) is 23.0 Å². The van der Waals surface area contributed by atoms with Gasteiger partial charge in [-0.05, 0) is 32.0 Å². The predicted octanol–water partition coefficient (Wildman–Crippen LogP) is 3.20. The Hall–Kier alpha value is -1.82. The zero-order chi connectivity index (χ0) is 14.4. The normalized spacial score (nSPS) is 15.5. The van der Waals surface area contributed by atoms with Crippen molar-refractivity contribution in [2.24, 2.45) is 5.73 Å². The van der Waals surface area contributed by atoms with Crippen LogP contribution in [-0.4, -0.2) is 17.5 Å². The minimum Gasteiger partial charge on any atom is -0.453 e. The predicted molar refractivity (Wildman–Crippen MR) is 63.9 cm³/mol. The Kier molecular flexibility index (Phi) is 2.93. The SMILES string of the molecule is Cc1ccc2oc(C(=O)C(C)(N)C(F)(F)F)cc2c1. The number of nitrogens with two attached hydrogens (primary N) is 1. The average Bonchev–Trinajstić information content (AvgIpc) is 2.68. The summed E-state index contributed by atoms with van der Waals surface area (Å²) in [6.45, 7) is 2.46. The smallest absolute Gasteiger partial charge is 0.413 e. The number of carbonyl (C=O) groups is 1. The molecule has 0 bridgehead atoms. The number of aryl methyl sites for hydroxylation is 1. The van der Waals surface area contributed by atoms with Crippen molar-refractivity contribution in [1.29, 1.82) is 0 Å². The van der Waals surface area contributed by atoms with E-state index in [4.69, 9.17) is 10.2 Å². The van der Waals surface area contributed by atoms with Crippen molar-refractivity contribution < 1.29 is 22.4 Å². The Morgan fingerprint density at radius 2 is 1.89 bits per heavy atom. The quantitative estimate of drug-likeness (QED) is 0.853. The first-order valence-corrected chi connectivity index (χ1v) is 5.53. The maximum atomic E-state index is 12.7. The molecule has 0 spiro atoms. The number of benzene rings is 1. The molecule has 0 amide bonds. The molecule has 6 heteroatoms. The lowest BCUT2D eigenvalue weighted by atomic mass is 9.95. The van der Waals surface area contributed by atoms with E-state index in [9.17, 15) is 18.0 Å². The first kappa shape index (κ1) is 13.6. The molecule has 1 atom stereocenters. The van der Waals surface area contributed by atoms with E-state index in [1.54, 1.807) is 18.2 Å². The fraction of sp³-hybridized carbons (Fsp3) is 0.308. The van der Waals surface area contributed by atoms with Gasteiger partial charge < -0.3 is 10.2 Å². The summed E-state index contributed by atoms with van der Waals surface area (Å²) in [6.07, 6.45) is -4.83. The molecule has 0 aliphatic rings. The van der Waals surface area contributed by atoms with Gasteiger partial charge in [0.05, 0.1) is 0 Å². The maximum absolute atomic E-state index is 12.7. The van der Waals surface area contributed by atoms with Gasteiger partial charge in [-0.3, -0.25) is 4.79 Å². The van der Waals surface area contributed by atoms with E-state index in [1.807, 2.05) is 6.92 Å². The van der Waals surface area contributed by atoms with Gasteiger partial charge in [-0.25, -0.2) is 0 Å². The second-order valence-electron chi connectivity index (χ2n) is 4.68. The number of hydrogen-bond acceptors (Lipinski definition) is 3. The van der Waals surface area contributed by atoms with E-state index >= 15 is 0 Å². The minimum absolute atomic E-state index is 0.354. The number of furan rings is 1. The third kappa shape index (κ3) is 2.23. The highest BCUT2D eigenvalue weighted by molar-refractivity contribution is 6.03. The summed E-state index contributed by atoms with van der Waals surface area (Å²) < 4.78 is 43.2. The van der Waals surface area contributed by atoms with Crippen LogP contribution >= 0.6 is 0 Å². The molecular weight excluding hydrogens is 259 g/mol. The number of alkyl halides is 3. The third-order valence-corrected chi connectivity index (χ3v) is 2.96. The highest BCUT2D eigenvalue weighted by Crippen LogP contribution is 2.32. The Bertz CT molecular complexity index is 641. The summed E-state index contributed by atoms with van der Waals surface area (Å²) in [5, 5.41) is 0.571. The van der Waals surface area contributed by atoms with E-state index in [0.29, 0.717) is 17.9 Å². The Labute approximate surface area is 107 Å². The van der Waals surface area contributed by atoms with Gasteiger partial charge in [-0.2, -0.15) is 13.2 Å². The second kappa shape index (κ2) is 4.09. The summed E-state index contributed by atoms with van der Waals surface area (Å²) >= 11 is 0. The van der Waals surface area contributed by atoms with Gasteiger partial charge >= 0.3 is 6.18 Å². The number of carbonyl (C=O) groups excluding carboxylic acids is 1. The van der Waals surface area contributed by atoms with Gasteiger partial charge in [-0.15, -0.1) is 0 Å². The number of rotatable bonds is 2. The molecule has 2 rings (SSSR count). The zero-order valence-corrected chi connectivity index (χ0v) is 10.3. The van der Waals surface area contributed by atoms with Crippen molar-refractivity contribution in [2.75, 3.05) is 0 Å².